The first kappa shape index (κ1) is 20.4. The Morgan fingerprint density at radius 3 is 2.28 bits per heavy atom. The van der Waals surface area contributed by atoms with Crippen LogP contribution >= 0.6 is 0 Å². The Balaban J connectivity index is 1.52. The average Bonchev–Trinajstić information content (AvgIpc) is 3.02. The van der Waals surface area contributed by atoms with Crippen molar-refractivity contribution in [3.8, 4) is 17.2 Å². The van der Waals surface area contributed by atoms with Crippen LogP contribution in [-0.2, 0) is 11.2 Å². The molecule has 0 aliphatic heterocycles. The number of aryl methyl sites for hydroxylation is 3. The zero-order chi connectivity index (χ0) is 20.8. The molecule has 0 spiro atoms. The number of hydrogen-bond acceptors (Lipinski definition) is 5. The third kappa shape index (κ3) is 5.57. The fraction of sp³-hybridized carbons (Fsp3) is 0.318. The summed E-state index contributed by atoms with van der Waals surface area (Å²) in [5.74, 6) is 0.590. The molecule has 7 heteroatoms. The number of nitrogens with zero attached hydrogens (tertiary/aromatic N) is 3. The number of hydrogen-bond donors (Lipinski definition) is 1. The molecular weight excluding hydrogens is 370 g/mol. The van der Waals surface area contributed by atoms with Crippen molar-refractivity contribution < 1.29 is 19.4 Å². The van der Waals surface area contributed by atoms with Gasteiger partial charge in [-0.15, -0.1) is 4.80 Å². The number of aliphatic carboxylic acids is 1. The van der Waals surface area contributed by atoms with Gasteiger partial charge in [-0.1, -0.05) is 18.2 Å². The van der Waals surface area contributed by atoms with E-state index in [0.29, 0.717) is 25.4 Å². The highest BCUT2D eigenvalue weighted by atomic mass is 16.5. The van der Waals surface area contributed by atoms with Crippen molar-refractivity contribution >= 4 is 5.97 Å². The zero-order valence-electron chi connectivity index (χ0n) is 16.9. The Morgan fingerprint density at radius 1 is 0.966 bits per heavy atom. The van der Waals surface area contributed by atoms with Gasteiger partial charge in [0.25, 0.3) is 0 Å². The van der Waals surface area contributed by atoms with Gasteiger partial charge in [0, 0.05) is 6.42 Å². The minimum absolute atomic E-state index is 0.0111. The molecule has 29 heavy (non-hydrogen) atoms. The fourth-order valence-electron chi connectivity index (χ4n) is 2.77. The van der Waals surface area contributed by atoms with Gasteiger partial charge in [-0.3, -0.25) is 4.79 Å². The average molecular weight is 395 g/mol. The van der Waals surface area contributed by atoms with Crippen molar-refractivity contribution in [3.05, 3.63) is 65.0 Å². The summed E-state index contributed by atoms with van der Waals surface area (Å²) in [5.41, 5.74) is 4.45. The van der Waals surface area contributed by atoms with E-state index in [9.17, 15) is 4.79 Å². The Labute approximate surface area is 169 Å². The van der Waals surface area contributed by atoms with Gasteiger partial charge in [-0.25, -0.2) is 0 Å². The lowest BCUT2D eigenvalue weighted by Crippen LogP contribution is -2.08. The number of carboxylic acid groups (broad SMARTS) is 1. The number of benzene rings is 2. The summed E-state index contributed by atoms with van der Waals surface area (Å²) in [7, 11) is 0. The Hall–Kier alpha value is -3.35. The van der Waals surface area contributed by atoms with Crippen LogP contribution in [0.2, 0.25) is 0 Å². The topological polar surface area (TPSA) is 86.5 Å². The van der Waals surface area contributed by atoms with Gasteiger partial charge in [0.2, 0.25) is 0 Å². The van der Waals surface area contributed by atoms with Gasteiger partial charge in [0.05, 0.1) is 31.0 Å². The summed E-state index contributed by atoms with van der Waals surface area (Å²) in [6.45, 7) is 6.87. The van der Waals surface area contributed by atoms with E-state index in [1.54, 1.807) is 29.1 Å². The second-order valence-corrected chi connectivity index (χ2v) is 6.90. The van der Waals surface area contributed by atoms with Crippen LogP contribution in [-0.4, -0.2) is 39.3 Å². The molecule has 7 nitrogen and oxygen atoms in total. The van der Waals surface area contributed by atoms with Crippen LogP contribution < -0.4 is 9.47 Å². The fourth-order valence-corrected chi connectivity index (χ4v) is 2.77. The zero-order valence-corrected chi connectivity index (χ0v) is 16.9. The summed E-state index contributed by atoms with van der Waals surface area (Å²) >= 11 is 0. The van der Waals surface area contributed by atoms with E-state index in [2.05, 4.69) is 10.2 Å². The quantitative estimate of drug-likeness (QED) is 0.557. The molecule has 3 rings (SSSR count). The molecular formula is C22H25N3O4. The summed E-state index contributed by atoms with van der Waals surface area (Å²) < 4.78 is 11.7. The first-order valence-electron chi connectivity index (χ1n) is 9.50. The van der Waals surface area contributed by atoms with Crippen molar-refractivity contribution in [2.24, 2.45) is 0 Å². The maximum absolute atomic E-state index is 10.7. The minimum Gasteiger partial charge on any atom is -0.493 e. The maximum atomic E-state index is 10.7. The van der Waals surface area contributed by atoms with E-state index in [4.69, 9.17) is 14.6 Å². The van der Waals surface area contributed by atoms with E-state index in [1.807, 2.05) is 39.0 Å². The largest absolute Gasteiger partial charge is 0.493 e. The van der Waals surface area contributed by atoms with Crippen molar-refractivity contribution in [1.29, 1.82) is 0 Å². The molecule has 0 aliphatic rings. The van der Waals surface area contributed by atoms with Crippen molar-refractivity contribution in [2.75, 3.05) is 13.2 Å². The van der Waals surface area contributed by atoms with E-state index in [0.717, 1.165) is 34.0 Å². The van der Waals surface area contributed by atoms with Gasteiger partial charge < -0.3 is 14.6 Å². The van der Waals surface area contributed by atoms with Crippen LogP contribution in [0.25, 0.3) is 5.69 Å². The molecule has 0 aliphatic carbocycles. The van der Waals surface area contributed by atoms with Crippen LogP contribution in [0.4, 0.5) is 0 Å². The van der Waals surface area contributed by atoms with Crippen LogP contribution in [0, 0.1) is 20.8 Å². The minimum atomic E-state index is -0.845. The summed E-state index contributed by atoms with van der Waals surface area (Å²) in [6.07, 6.45) is 0.714. The third-order valence-corrected chi connectivity index (χ3v) is 4.44. The van der Waals surface area contributed by atoms with Crippen molar-refractivity contribution in [1.82, 2.24) is 15.0 Å². The van der Waals surface area contributed by atoms with Crippen molar-refractivity contribution in [2.45, 2.75) is 33.6 Å². The van der Waals surface area contributed by atoms with Crippen LogP contribution in [0.5, 0.6) is 11.5 Å². The SMILES string of the molecule is Cc1ccc(OCCCOc2ccc(CC(=O)O)cc2)c(-n2nc(C)c(C)n2)c1. The van der Waals surface area contributed by atoms with Gasteiger partial charge in [0.15, 0.2) is 0 Å². The van der Waals surface area contributed by atoms with E-state index >= 15 is 0 Å². The molecule has 152 valence electrons. The first-order valence-corrected chi connectivity index (χ1v) is 9.50. The third-order valence-electron chi connectivity index (χ3n) is 4.44. The predicted octanol–water partition coefficient (Wildman–Crippen LogP) is 3.67. The van der Waals surface area contributed by atoms with Gasteiger partial charge in [0.1, 0.15) is 17.2 Å². The highest BCUT2D eigenvalue weighted by Crippen LogP contribution is 2.24. The van der Waals surface area contributed by atoms with Crippen LogP contribution in [0.1, 0.15) is 28.9 Å². The summed E-state index contributed by atoms with van der Waals surface area (Å²) in [6, 6.07) is 13.0. The summed E-state index contributed by atoms with van der Waals surface area (Å²) in [5, 5.41) is 17.7. The molecule has 0 bridgehead atoms. The molecule has 2 aromatic carbocycles. The van der Waals surface area contributed by atoms with Gasteiger partial charge in [-0.05, 0) is 56.2 Å². The smallest absolute Gasteiger partial charge is 0.307 e. The maximum Gasteiger partial charge on any atom is 0.307 e. The van der Waals surface area contributed by atoms with Gasteiger partial charge in [-0.2, -0.15) is 10.2 Å². The summed E-state index contributed by atoms with van der Waals surface area (Å²) in [4.78, 5) is 12.3. The Kier molecular flexibility index (Phi) is 6.49. The molecule has 0 radical (unpaired) electrons. The highest BCUT2D eigenvalue weighted by molar-refractivity contribution is 5.70. The molecule has 3 aromatic rings. The Morgan fingerprint density at radius 2 is 1.62 bits per heavy atom. The van der Waals surface area contributed by atoms with Crippen LogP contribution in [0.3, 0.4) is 0 Å². The molecule has 1 N–H and O–H groups in total. The lowest BCUT2D eigenvalue weighted by Gasteiger charge is -2.12. The predicted molar refractivity (Wildman–Crippen MR) is 109 cm³/mol. The molecule has 0 fully saturated rings. The number of carboxylic acids is 1. The van der Waals surface area contributed by atoms with Gasteiger partial charge >= 0.3 is 5.97 Å². The van der Waals surface area contributed by atoms with E-state index in [1.165, 1.54) is 0 Å². The standard InChI is InChI=1S/C22H25N3O4/c1-15-5-10-21(20(13-15)25-23-16(2)17(3)24-25)29-12-4-11-28-19-8-6-18(7-9-19)14-22(26)27/h5-10,13H,4,11-12,14H2,1-3H3,(H,26,27). The second-order valence-electron chi connectivity index (χ2n) is 6.90. The monoisotopic (exact) mass is 395 g/mol. The number of ether oxygens (including phenoxy) is 2. The normalized spacial score (nSPS) is 10.7. The molecule has 0 saturated heterocycles. The molecule has 0 atom stereocenters. The molecule has 0 amide bonds. The lowest BCUT2D eigenvalue weighted by atomic mass is 10.1. The van der Waals surface area contributed by atoms with E-state index < -0.39 is 5.97 Å². The number of aromatic nitrogens is 3. The highest BCUT2D eigenvalue weighted by Gasteiger charge is 2.11. The molecule has 0 saturated carbocycles. The lowest BCUT2D eigenvalue weighted by molar-refractivity contribution is -0.136. The first-order chi connectivity index (χ1) is 13.9. The number of carbonyl (C=O) groups is 1. The molecule has 1 heterocycles. The van der Waals surface area contributed by atoms with Crippen molar-refractivity contribution in [3.63, 3.8) is 0 Å². The molecule has 0 unspecified atom stereocenters. The Bertz CT molecular complexity index is 961. The van der Waals surface area contributed by atoms with E-state index in [-0.39, 0.29) is 6.42 Å². The molecule has 1 aromatic heterocycles. The number of rotatable bonds is 9. The second kappa shape index (κ2) is 9.23. The van der Waals surface area contributed by atoms with Crippen LogP contribution in [0.15, 0.2) is 42.5 Å².